The number of nitrogens with one attached hydrogen (secondary N) is 1. The standard InChI is InChI=1S/C65H121NO13/c1-3-5-7-9-11-13-15-17-19-20-21-22-23-24-25-26-27-28-29-30-31-32-33-35-36-38-40-42-44-46-48-54(69)53(66-57(70)49-47-45-43-41-39-37-34-18-16-14-12-10-8-6-4-2)52-76-64-62(75)60(73)63(56(51-68)78-64)79-65-61(74)59(72)58(71)55(50-67)77-65/h12,14,18,34,46,48,53-56,58-65,67-69,71-75H,3-11,13,15-17,19-33,35-45,47,49-52H2,1-2H3,(H,66,70)/b14-12-,34-18-,48-46+. The number of allylic oxidation sites excluding steroid dienone is 5. The van der Waals surface area contributed by atoms with Crippen LogP contribution in [0.2, 0.25) is 0 Å². The van der Waals surface area contributed by atoms with E-state index >= 15 is 0 Å². The highest BCUT2D eigenvalue weighted by molar-refractivity contribution is 5.76. The van der Waals surface area contributed by atoms with Crippen molar-refractivity contribution in [2.45, 2.75) is 351 Å². The maximum atomic E-state index is 13.2. The zero-order valence-corrected chi connectivity index (χ0v) is 50.1. The van der Waals surface area contributed by atoms with Gasteiger partial charge in [0.25, 0.3) is 0 Å². The van der Waals surface area contributed by atoms with Gasteiger partial charge in [0.05, 0.1) is 32.0 Å². The second-order valence-electron chi connectivity index (χ2n) is 23.2. The Labute approximate surface area is 481 Å². The minimum Gasteiger partial charge on any atom is -0.394 e. The fourth-order valence-corrected chi connectivity index (χ4v) is 10.8. The minimum absolute atomic E-state index is 0.251. The number of carbonyl (C=O) groups excluding carboxylic acids is 1. The van der Waals surface area contributed by atoms with Crippen molar-refractivity contribution in [2.75, 3.05) is 19.8 Å². The summed E-state index contributed by atoms with van der Waals surface area (Å²) >= 11 is 0. The van der Waals surface area contributed by atoms with Crippen LogP contribution in [0.3, 0.4) is 0 Å². The van der Waals surface area contributed by atoms with Crippen LogP contribution in [0.25, 0.3) is 0 Å². The molecule has 0 aliphatic carbocycles. The molecule has 0 aromatic heterocycles. The molecule has 2 heterocycles. The first-order valence-corrected chi connectivity index (χ1v) is 32.7. The third-order valence-corrected chi connectivity index (χ3v) is 16.1. The molecule has 2 saturated heterocycles. The average molecular weight is 1120 g/mol. The lowest BCUT2D eigenvalue weighted by Gasteiger charge is -2.46. The first-order valence-electron chi connectivity index (χ1n) is 32.7. The summed E-state index contributed by atoms with van der Waals surface area (Å²) < 4.78 is 22.8. The Balaban J connectivity index is 1.68. The molecule has 464 valence electrons. The van der Waals surface area contributed by atoms with E-state index in [9.17, 15) is 45.6 Å². The second-order valence-corrected chi connectivity index (χ2v) is 23.2. The molecule has 14 nitrogen and oxygen atoms in total. The molecule has 1 amide bonds. The summed E-state index contributed by atoms with van der Waals surface area (Å²) in [4.78, 5) is 13.2. The molecular formula is C65H121NO13. The molecule has 0 spiro atoms. The van der Waals surface area contributed by atoms with Crippen LogP contribution in [-0.2, 0) is 23.7 Å². The number of amides is 1. The lowest BCUT2D eigenvalue weighted by atomic mass is 9.97. The Kier molecular flexibility index (Phi) is 47.0. The molecule has 0 radical (unpaired) electrons. The van der Waals surface area contributed by atoms with E-state index in [0.717, 1.165) is 64.2 Å². The van der Waals surface area contributed by atoms with Crippen molar-refractivity contribution in [1.82, 2.24) is 5.32 Å². The van der Waals surface area contributed by atoms with E-state index in [1.807, 2.05) is 6.08 Å². The summed E-state index contributed by atoms with van der Waals surface area (Å²) in [6.45, 7) is 2.79. The van der Waals surface area contributed by atoms with Crippen LogP contribution in [0.5, 0.6) is 0 Å². The van der Waals surface area contributed by atoms with Gasteiger partial charge in [-0.25, -0.2) is 0 Å². The molecule has 2 rings (SSSR count). The molecule has 12 atom stereocenters. The molecule has 14 heteroatoms. The van der Waals surface area contributed by atoms with Crippen molar-refractivity contribution in [1.29, 1.82) is 0 Å². The third-order valence-electron chi connectivity index (χ3n) is 16.1. The van der Waals surface area contributed by atoms with Crippen LogP contribution in [0.15, 0.2) is 36.5 Å². The fourth-order valence-electron chi connectivity index (χ4n) is 10.8. The number of unbranched alkanes of at least 4 members (excludes halogenated alkanes) is 36. The van der Waals surface area contributed by atoms with Crippen molar-refractivity contribution >= 4 is 5.91 Å². The zero-order valence-electron chi connectivity index (χ0n) is 50.1. The normalized spacial score (nSPS) is 24.6. The van der Waals surface area contributed by atoms with Gasteiger partial charge in [0.15, 0.2) is 12.6 Å². The largest absolute Gasteiger partial charge is 0.394 e. The lowest BCUT2D eigenvalue weighted by Crippen LogP contribution is -2.65. The van der Waals surface area contributed by atoms with Crippen molar-refractivity contribution in [3.63, 3.8) is 0 Å². The monoisotopic (exact) mass is 1120 g/mol. The molecule has 2 aliphatic heterocycles. The van der Waals surface area contributed by atoms with Crippen LogP contribution in [0.4, 0.5) is 0 Å². The summed E-state index contributed by atoms with van der Waals surface area (Å²) in [6.07, 6.45) is 46.3. The van der Waals surface area contributed by atoms with E-state index in [2.05, 4.69) is 43.5 Å². The van der Waals surface area contributed by atoms with Crippen LogP contribution in [-0.4, -0.2) is 140 Å². The minimum atomic E-state index is -1.79. The molecule has 79 heavy (non-hydrogen) atoms. The Morgan fingerprint density at radius 1 is 0.456 bits per heavy atom. The van der Waals surface area contributed by atoms with Crippen molar-refractivity contribution < 1.29 is 64.6 Å². The summed E-state index contributed by atoms with van der Waals surface area (Å²) in [6, 6.07) is -0.922. The van der Waals surface area contributed by atoms with E-state index in [1.54, 1.807) is 6.08 Å². The summed E-state index contributed by atoms with van der Waals surface area (Å²) in [7, 11) is 0. The van der Waals surface area contributed by atoms with Crippen molar-refractivity contribution in [3.8, 4) is 0 Å². The summed E-state index contributed by atoms with van der Waals surface area (Å²) in [5.74, 6) is -0.251. The number of hydrogen-bond donors (Lipinski definition) is 9. The van der Waals surface area contributed by atoms with Gasteiger partial charge in [0, 0.05) is 6.42 Å². The van der Waals surface area contributed by atoms with Crippen LogP contribution < -0.4 is 5.32 Å². The summed E-state index contributed by atoms with van der Waals surface area (Å²) in [5.41, 5.74) is 0. The van der Waals surface area contributed by atoms with Gasteiger partial charge in [-0.05, 0) is 51.4 Å². The van der Waals surface area contributed by atoms with Gasteiger partial charge < -0.3 is 65.1 Å². The van der Waals surface area contributed by atoms with Gasteiger partial charge >= 0.3 is 0 Å². The van der Waals surface area contributed by atoms with Crippen LogP contribution in [0.1, 0.15) is 277 Å². The first kappa shape index (κ1) is 73.3. The number of ether oxygens (including phenoxy) is 4. The SMILES string of the molecule is CCCCC/C=C\C/C=C\CCCCCCCC(=O)NC(COC1OC(CO)C(OC2OC(CO)C(O)C(O)C2O)C(O)C1O)C(O)/C=C/CCCCCCCCCCCCCCCCCCCCCCCCCCCCCC. The molecule has 12 unspecified atom stereocenters. The van der Waals surface area contributed by atoms with Gasteiger partial charge in [-0.2, -0.15) is 0 Å². The predicted octanol–water partition coefficient (Wildman–Crippen LogP) is 12.2. The van der Waals surface area contributed by atoms with E-state index in [1.165, 1.54) is 186 Å². The van der Waals surface area contributed by atoms with E-state index in [4.69, 9.17) is 18.9 Å². The Morgan fingerprint density at radius 2 is 0.835 bits per heavy atom. The predicted molar refractivity (Wildman–Crippen MR) is 318 cm³/mol. The Bertz CT molecular complexity index is 1460. The Hall–Kier alpha value is -1.79. The van der Waals surface area contributed by atoms with Gasteiger partial charge in [-0.3, -0.25) is 4.79 Å². The van der Waals surface area contributed by atoms with Crippen molar-refractivity contribution in [3.05, 3.63) is 36.5 Å². The molecule has 0 bridgehead atoms. The smallest absolute Gasteiger partial charge is 0.220 e. The van der Waals surface area contributed by atoms with E-state index < -0.39 is 86.8 Å². The van der Waals surface area contributed by atoms with E-state index in [0.29, 0.717) is 6.42 Å². The van der Waals surface area contributed by atoms with Gasteiger partial charge in [-0.15, -0.1) is 0 Å². The molecule has 0 saturated carbocycles. The molecule has 2 aliphatic rings. The number of aliphatic hydroxyl groups is 8. The second kappa shape index (κ2) is 50.7. The quantitative estimate of drug-likeness (QED) is 0.0204. The van der Waals surface area contributed by atoms with Crippen molar-refractivity contribution in [2.24, 2.45) is 0 Å². The molecule has 0 aromatic carbocycles. The highest BCUT2D eigenvalue weighted by atomic mass is 16.7. The summed E-state index contributed by atoms with van der Waals surface area (Å²) in [5, 5.41) is 87.2. The van der Waals surface area contributed by atoms with E-state index in [-0.39, 0.29) is 18.9 Å². The number of carbonyl (C=O) groups is 1. The fraction of sp³-hybridized carbons (Fsp3) is 0.892. The van der Waals surface area contributed by atoms with Crippen LogP contribution in [0, 0.1) is 0 Å². The highest BCUT2D eigenvalue weighted by Gasteiger charge is 2.51. The first-order chi connectivity index (χ1) is 38.6. The molecule has 0 aromatic rings. The number of aliphatic hydroxyl groups excluding tert-OH is 8. The maximum absolute atomic E-state index is 13.2. The molecule has 2 fully saturated rings. The van der Waals surface area contributed by atoms with Gasteiger partial charge in [0.1, 0.15) is 48.8 Å². The topological polar surface area (TPSA) is 228 Å². The van der Waals surface area contributed by atoms with Crippen LogP contribution >= 0.6 is 0 Å². The Morgan fingerprint density at radius 3 is 1.29 bits per heavy atom. The maximum Gasteiger partial charge on any atom is 0.220 e. The highest BCUT2D eigenvalue weighted by Crippen LogP contribution is 2.30. The van der Waals surface area contributed by atoms with Gasteiger partial charge in [0.2, 0.25) is 5.91 Å². The average Bonchev–Trinajstić information content (AvgIpc) is 3.47. The number of hydrogen-bond acceptors (Lipinski definition) is 13. The zero-order chi connectivity index (χ0) is 57.4. The number of rotatable bonds is 53. The molecule has 9 N–H and O–H groups in total. The lowest BCUT2D eigenvalue weighted by molar-refractivity contribution is -0.359. The third kappa shape index (κ3) is 35.8. The molecular weight excluding hydrogens is 1000 g/mol. The van der Waals surface area contributed by atoms with Gasteiger partial charge in [-0.1, -0.05) is 256 Å².